The zero-order valence-corrected chi connectivity index (χ0v) is 11.4. The minimum absolute atomic E-state index is 0. The van der Waals surface area contributed by atoms with Gasteiger partial charge >= 0.3 is 0 Å². The molecule has 1 aromatic heterocycles. The van der Waals surface area contributed by atoms with Crippen molar-refractivity contribution in [2.24, 2.45) is 5.73 Å². The predicted molar refractivity (Wildman–Crippen MR) is 76.2 cm³/mol. The van der Waals surface area contributed by atoms with E-state index in [0.29, 0.717) is 0 Å². The topological polar surface area (TPSA) is 43.8 Å². The first kappa shape index (κ1) is 13.4. The van der Waals surface area contributed by atoms with Crippen LogP contribution in [-0.2, 0) is 13.0 Å². The zero-order chi connectivity index (χ0) is 11.8. The van der Waals surface area contributed by atoms with Crippen LogP contribution < -0.4 is 5.73 Å². The highest BCUT2D eigenvalue weighted by Gasteiger charge is 2.19. The van der Waals surface area contributed by atoms with Crippen LogP contribution in [0, 0.1) is 0 Å². The molecule has 1 atom stereocenters. The van der Waals surface area contributed by atoms with Crippen LogP contribution in [0.1, 0.15) is 12.1 Å². The van der Waals surface area contributed by atoms with Crippen LogP contribution in [0.15, 0.2) is 30.5 Å². The molecule has 1 aliphatic heterocycles. The number of imidazole rings is 1. The summed E-state index contributed by atoms with van der Waals surface area (Å²) in [6, 6.07) is 8.08. The van der Waals surface area contributed by atoms with Gasteiger partial charge in [-0.2, -0.15) is 0 Å². The number of fused-ring (bicyclic) bond motifs is 1. The zero-order valence-electron chi connectivity index (χ0n) is 9.84. The van der Waals surface area contributed by atoms with Crippen LogP contribution >= 0.6 is 24.0 Å². The standard InChI is InChI=1S/C13H14ClN3.ClH/c14-10-3-1-9(2-4-10)13-16-8-12-7-11(15)5-6-17(12)13;/h1-4,8,11H,5-7,15H2;1H. The molecule has 3 nitrogen and oxygen atoms in total. The van der Waals surface area contributed by atoms with Crippen molar-refractivity contribution in [2.75, 3.05) is 0 Å². The molecule has 1 aliphatic rings. The molecule has 0 bridgehead atoms. The first-order valence-corrected chi connectivity index (χ1v) is 6.18. The van der Waals surface area contributed by atoms with E-state index in [1.54, 1.807) is 0 Å². The van der Waals surface area contributed by atoms with Crippen molar-refractivity contribution in [1.29, 1.82) is 0 Å². The van der Waals surface area contributed by atoms with Gasteiger partial charge in [-0.15, -0.1) is 12.4 Å². The van der Waals surface area contributed by atoms with Gasteiger partial charge in [0.25, 0.3) is 0 Å². The molecule has 0 amide bonds. The molecular weight excluding hydrogens is 269 g/mol. The molecule has 96 valence electrons. The number of nitrogens with two attached hydrogens (primary N) is 1. The Morgan fingerprint density at radius 3 is 2.72 bits per heavy atom. The Labute approximate surface area is 117 Å². The number of hydrogen-bond donors (Lipinski definition) is 1. The summed E-state index contributed by atoms with van der Waals surface area (Å²) < 4.78 is 2.26. The second kappa shape index (κ2) is 5.31. The molecular formula is C13H15Cl2N3. The van der Waals surface area contributed by atoms with E-state index >= 15 is 0 Å². The Balaban J connectivity index is 0.00000120. The molecule has 0 fully saturated rings. The third-order valence-corrected chi connectivity index (χ3v) is 3.49. The van der Waals surface area contributed by atoms with Crippen molar-refractivity contribution in [1.82, 2.24) is 9.55 Å². The highest BCUT2D eigenvalue weighted by atomic mass is 35.5. The van der Waals surface area contributed by atoms with E-state index in [2.05, 4.69) is 9.55 Å². The van der Waals surface area contributed by atoms with Crippen LogP contribution in [-0.4, -0.2) is 15.6 Å². The minimum atomic E-state index is 0. The van der Waals surface area contributed by atoms with Gasteiger partial charge in [0, 0.05) is 41.5 Å². The molecule has 1 unspecified atom stereocenters. The molecule has 18 heavy (non-hydrogen) atoms. The van der Waals surface area contributed by atoms with Gasteiger partial charge in [0.1, 0.15) is 5.82 Å². The van der Waals surface area contributed by atoms with Crippen molar-refractivity contribution in [2.45, 2.75) is 25.4 Å². The van der Waals surface area contributed by atoms with E-state index in [1.165, 1.54) is 5.69 Å². The summed E-state index contributed by atoms with van der Waals surface area (Å²) >= 11 is 5.89. The van der Waals surface area contributed by atoms with Gasteiger partial charge in [0.2, 0.25) is 0 Å². The molecule has 0 saturated heterocycles. The molecule has 2 N–H and O–H groups in total. The quantitative estimate of drug-likeness (QED) is 0.875. The van der Waals surface area contributed by atoms with Gasteiger partial charge in [-0.3, -0.25) is 0 Å². The molecule has 0 spiro atoms. The third kappa shape index (κ3) is 2.39. The Morgan fingerprint density at radius 1 is 1.28 bits per heavy atom. The summed E-state index contributed by atoms with van der Waals surface area (Å²) in [5.41, 5.74) is 8.30. The van der Waals surface area contributed by atoms with Crippen molar-refractivity contribution >= 4 is 24.0 Å². The molecule has 3 rings (SSSR count). The highest BCUT2D eigenvalue weighted by Crippen LogP contribution is 2.25. The number of hydrogen-bond acceptors (Lipinski definition) is 2. The lowest BCUT2D eigenvalue weighted by Gasteiger charge is -2.21. The number of aromatic nitrogens is 2. The van der Waals surface area contributed by atoms with E-state index in [1.807, 2.05) is 30.5 Å². The third-order valence-electron chi connectivity index (χ3n) is 3.24. The minimum Gasteiger partial charge on any atom is -0.328 e. The lowest BCUT2D eigenvalue weighted by molar-refractivity contribution is 0.474. The largest absolute Gasteiger partial charge is 0.328 e. The summed E-state index contributed by atoms with van der Waals surface area (Å²) in [5.74, 6) is 1.02. The molecule has 0 aliphatic carbocycles. The van der Waals surface area contributed by atoms with E-state index in [-0.39, 0.29) is 18.4 Å². The van der Waals surface area contributed by atoms with Crippen molar-refractivity contribution in [3.8, 4) is 11.4 Å². The van der Waals surface area contributed by atoms with E-state index < -0.39 is 0 Å². The monoisotopic (exact) mass is 283 g/mol. The van der Waals surface area contributed by atoms with Crippen LogP contribution in [0.4, 0.5) is 0 Å². The predicted octanol–water partition coefficient (Wildman–Crippen LogP) is 2.90. The fourth-order valence-electron chi connectivity index (χ4n) is 2.32. The van der Waals surface area contributed by atoms with E-state index in [0.717, 1.165) is 35.8 Å². The molecule has 0 radical (unpaired) electrons. The van der Waals surface area contributed by atoms with Crippen LogP contribution in [0.3, 0.4) is 0 Å². The second-order valence-electron chi connectivity index (χ2n) is 4.48. The van der Waals surface area contributed by atoms with Gasteiger partial charge in [-0.05, 0) is 30.7 Å². The maximum absolute atomic E-state index is 5.96. The Morgan fingerprint density at radius 2 is 2.00 bits per heavy atom. The van der Waals surface area contributed by atoms with Crippen molar-refractivity contribution in [3.63, 3.8) is 0 Å². The SMILES string of the molecule is Cl.NC1CCn2c(cnc2-c2ccc(Cl)cc2)C1. The van der Waals surface area contributed by atoms with Gasteiger partial charge in [-0.25, -0.2) is 4.98 Å². The van der Waals surface area contributed by atoms with Crippen molar-refractivity contribution in [3.05, 3.63) is 41.2 Å². The summed E-state index contributed by atoms with van der Waals surface area (Å²) in [6.07, 6.45) is 3.87. The summed E-state index contributed by atoms with van der Waals surface area (Å²) in [6.45, 7) is 0.953. The maximum Gasteiger partial charge on any atom is 0.140 e. The van der Waals surface area contributed by atoms with Crippen LogP contribution in [0.5, 0.6) is 0 Å². The highest BCUT2D eigenvalue weighted by molar-refractivity contribution is 6.30. The van der Waals surface area contributed by atoms with E-state index in [9.17, 15) is 0 Å². The van der Waals surface area contributed by atoms with Crippen molar-refractivity contribution < 1.29 is 0 Å². The fraction of sp³-hybridized carbons (Fsp3) is 0.308. The number of nitrogens with zero attached hydrogens (tertiary/aromatic N) is 2. The summed E-state index contributed by atoms with van der Waals surface area (Å²) in [4.78, 5) is 4.50. The van der Waals surface area contributed by atoms with E-state index in [4.69, 9.17) is 17.3 Å². The average molecular weight is 284 g/mol. The molecule has 0 saturated carbocycles. The number of halogens is 2. The summed E-state index contributed by atoms with van der Waals surface area (Å²) in [7, 11) is 0. The van der Waals surface area contributed by atoms with Gasteiger partial charge in [-0.1, -0.05) is 11.6 Å². The van der Waals surface area contributed by atoms with Crippen LogP contribution in [0.2, 0.25) is 5.02 Å². The summed E-state index contributed by atoms with van der Waals surface area (Å²) in [5, 5.41) is 0.751. The lowest BCUT2D eigenvalue weighted by atomic mass is 10.1. The first-order chi connectivity index (χ1) is 8.24. The van der Waals surface area contributed by atoms with Gasteiger partial charge < -0.3 is 10.3 Å². The molecule has 5 heteroatoms. The molecule has 2 aromatic rings. The maximum atomic E-state index is 5.96. The molecule has 2 heterocycles. The number of rotatable bonds is 1. The van der Waals surface area contributed by atoms with Gasteiger partial charge in [0.15, 0.2) is 0 Å². The normalized spacial score (nSPS) is 18.0. The Hall–Kier alpha value is -1.03. The fourth-order valence-corrected chi connectivity index (χ4v) is 2.44. The lowest BCUT2D eigenvalue weighted by Crippen LogP contribution is -2.30. The molecule has 1 aromatic carbocycles. The Bertz CT molecular complexity index is 534. The van der Waals surface area contributed by atoms with Crippen LogP contribution in [0.25, 0.3) is 11.4 Å². The smallest absolute Gasteiger partial charge is 0.140 e. The first-order valence-electron chi connectivity index (χ1n) is 5.80. The Kier molecular flexibility index (Phi) is 3.95. The number of benzene rings is 1. The van der Waals surface area contributed by atoms with Gasteiger partial charge in [0.05, 0.1) is 0 Å². The average Bonchev–Trinajstić information content (AvgIpc) is 2.73. The second-order valence-corrected chi connectivity index (χ2v) is 4.92.